The highest BCUT2D eigenvalue weighted by molar-refractivity contribution is 14.2. The van der Waals surface area contributed by atoms with E-state index in [4.69, 9.17) is 0 Å². The average molecular weight is 295 g/mol. The first-order valence-corrected chi connectivity index (χ1v) is 3.29. The molecule has 1 nitrogen and oxygen atoms in total. The Balaban J connectivity index is 2.54. The van der Waals surface area contributed by atoms with Crippen molar-refractivity contribution in [3.05, 3.63) is 0 Å². The Hall–Kier alpha value is 1.48. The Morgan fingerprint density at radius 3 is 1.80 bits per heavy atom. The molecule has 0 aromatic heterocycles. The smallest absolute Gasteiger partial charge is 0.227 e. The van der Waals surface area contributed by atoms with Crippen LogP contribution in [0.1, 0.15) is 0 Å². The zero-order valence-corrected chi connectivity index (χ0v) is 7.23. The molecule has 0 aliphatic carbocycles. The van der Waals surface area contributed by atoms with Crippen molar-refractivity contribution in [1.82, 2.24) is 1.24 Å². The summed E-state index contributed by atoms with van der Waals surface area (Å²) in [4.78, 5) is 0. The molecule has 0 saturated carbocycles. The molecular weight excluding hydrogens is 291 g/mol. The molecule has 0 aliphatic rings. The van der Waals surface area contributed by atoms with Crippen molar-refractivity contribution in [2.75, 3.05) is 0 Å². The monoisotopic (exact) mass is 295 g/mol. The third-order valence-corrected chi connectivity index (χ3v) is 1.60. The Morgan fingerprint density at radius 2 is 1.80 bits per heavy atom. The summed E-state index contributed by atoms with van der Waals surface area (Å²) in [6.45, 7) is 2.11. The quantitative estimate of drug-likeness (QED) is 0.401. The van der Waals surface area contributed by atoms with E-state index >= 15 is 0 Å². The van der Waals surface area contributed by atoms with Gasteiger partial charge in [-0.15, -0.1) is 0 Å². The SMILES string of the molecule is CBN(I)I. The van der Waals surface area contributed by atoms with Crippen LogP contribution in [-0.2, 0) is 0 Å². The lowest BCUT2D eigenvalue weighted by Gasteiger charge is -1.91. The standard InChI is InChI=1S/CH4BI2N/c1-2-5(3)4/h2H,1H3. The van der Waals surface area contributed by atoms with Crippen molar-refractivity contribution in [2.24, 2.45) is 0 Å². The van der Waals surface area contributed by atoms with E-state index in [2.05, 4.69) is 53.8 Å². The molecule has 0 spiro atoms. The van der Waals surface area contributed by atoms with E-state index in [1.165, 1.54) is 0 Å². The first-order chi connectivity index (χ1) is 2.27. The summed E-state index contributed by atoms with van der Waals surface area (Å²) in [6, 6.07) is 0. The normalized spacial score (nSPS) is 8.80. The van der Waals surface area contributed by atoms with Gasteiger partial charge in [0.2, 0.25) is 7.41 Å². The zero-order valence-electron chi connectivity index (χ0n) is 2.91. The molecule has 0 heterocycles. The highest BCUT2D eigenvalue weighted by atomic mass is 127. The highest BCUT2D eigenvalue weighted by Crippen LogP contribution is 2.01. The maximum atomic E-state index is 2.23. The summed E-state index contributed by atoms with van der Waals surface area (Å²) in [5.41, 5.74) is 0. The summed E-state index contributed by atoms with van der Waals surface area (Å²) < 4.78 is 2.06. The maximum Gasteiger partial charge on any atom is 0.227 e. The lowest BCUT2D eigenvalue weighted by atomic mass is 10.0. The highest BCUT2D eigenvalue weighted by Gasteiger charge is 1.82. The van der Waals surface area contributed by atoms with Crippen molar-refractivity contribution in [1.29, 1.82) is 0 Å². The van der Waals surface area contributed by atoms with Gasteiger partial charge in [0.05, 0.1) is 0 Å². The van der Waals surface area contributed by atoms with Crippen molar-refractivity contribution < 1.29 is 0 Å². The van der Waals surface area contributed by atoms with Gasteiger partial charge in [-0.2, -0.15) is 0 Å². The van der Waals surface area contributed by atoms with Gasteiger partial charge in [0.1, 0.15) is 0 Å². The summed E-state index contributed by atoms with van der Waals surface area (Å²) in [5, 5.41) is 0. The topological polar surface area (TPSA) is 3.24 Å². The molecular formula is CH4BI2N. The number of nitrogens with zero attached hydrogens (tertiary/aromatic N) is 1. The van der Waals surface area contributed by atoms with Gasteiger partial charge >= 0.3 is 0 Å². The summed E-state index contributed by atoms with van der Waals surface area (Å²) in [7, 11) is 1.11. The van der Waals surface area contributed by atoms with Crippen LogP contribution in [0.5, 0.6) is 0 Å². The molecule has 0 saturated heterocycles. The Kier molecular flexibility index (Phi) is 4.76. The minimum Gasteiger partial charge on any atom is -0.236 e. The maximum absolute atomic E-state index is 2.23. The summed E-state index contributed by atoms with van der Waals surface area (Å²) in [5.74, 6) is 0. The van der Waals surface area contributed by atoms with Crippen LogP contribution in [0, 0.1) is 0 Å². The van der Waals surface area contributed by atoms with Gasteiger partial charge in [0.15, 0.2) is 0 Å². The third-order valence-electron chi connectivity index (χ3n) is 0.239. The predicted octanol–water partition coefficient (Wildman–Crippen LogP) is 1.39. The lowest BCUT2D eigenvalue weighted by molar-refractivity contribution is 1.40. The van der Waals surface area contributed by atoms with Crippen LogP contribution in [0.3, 0.4) is 0 Å². The molecule has 4 heteroatoms. The van der Waals surface area contributed by atoms with E-state index in [9.17, 15) is 0 Å². The predicted molar refractivity (Wildman–Crippen MR) is 42.9 cm³/mol. The fourth-order valence-corrected chi connectivity index (χ4v) is 0. The molecule has 0 aromatic rings. The number of hydrogen-bond acceptors (Lipinski definition) is 1. The zero-order chi connectivity index (χ0) is 4.28. The number of rotatable bonds is 1. The van der Waals surface area contributed by atoms with Crippen molar-refractivity contribution >= 4 is 53.1 Å². The van der Waals surface area contributed by atoms with E-state index in [0.717, 1.165) is 7.41 Å². The molecule has 0 radical (unpaired) electrons. The van der Waals surface area contributed by atoms with Gasteiger partial charge < -0.3 is 0 Å². The Morgan fingerprint density at radius 1 is 1.60 bits per heavy atom. The van der Waals surface area contributed by atoms with E-state index < -0.39 is 0 Å². The van der Waals surface area contributed by atoms with Crippen molar-refractivity contribution in [2.45, 2.75) is 6.82 Å². The first-order valence-electron chi connectivity index (χ1n) is 1.36. The minimum absolute atomic E-state index is 1.11. The number of halogens is 2. The average Bonchev–Trinajstić information content (AvgIpc) is 1.38. The third kappa shape index (κ3) is 5.48. The largest absolute Gasteiger partial charge is 0.236 e. The van der Waals surface area contributed by atoms with Gasteiger partial charge in [-0.25, -0.2) is 1.24 Å². The van der Waals surface area contributed by atoms with Crippen LogP contribution in [0.15, 0.2) is 0 Å². The Labute approximate surface area is 60.7 Å². The molecule has 0 aromatic carbocycles. The number of hydrogen-bond donors (Lipinski definition) is 0. The summed E-state index contributed by atoms with van der Waals surface area (Å²) in [6.07, 6.45) is 0. The molecule has 0 unspecified atom stereocenters. The van der Waals surface area contributed by atoms with Gasteiger partial charge in [-0.05, 0) is 0 Å². The van der Waals surface area contributed by atoms with Crippen LogP contribution < -0.4 is 0 Å². The van der Waals surface area contributed by atoms with E-state index in [1.807, 2.05) is 0 Å². The van der Waals surface area contributed by atoms with E-state index in [0.29, 0.717) is 0 Å². The van der Waals surface area contributed by atoms with Gasteiger partial charge in [0, 0.05) is 45.7 Å². The molecule has 30 valence electrons. The second kappa shape index (κ2) is 3.67. The van der Waals surface area contributed by atoms with E-state index in [1.54, 1.807) is 0 Å². The molecule has 0 atom stereocenters. The second-order valence-corrected chi connectivity index (χ2v) is 4.79. The van der Waals surface area contributed by atoms with Gasteiger partial charge in [-0.1, -0.05) is 6.82 Å². The molecule has 0 rings (SSSR count). The first kappa shape index (κ1) is 6.48. The van der Waals surface area contributed by atoms with Crippen LogP contribution in [-0.4, -0.2) is 8.65 Å². The summed E-state index contributed by atoms with van der Waals surface area (Å²) >= 11 is 4.45. The molecule has 0 N–H and O–H groups in total. The van der Waals surface area contributed by atoms with Crippen molar-refractivity contribution in [3.63, 3.8) is 0 Å². The van der Waals surface area contributed by atoms with Gasteiger partial charge in [-0.3, -0.25) is 0 Å². The second-order valence-electron chi connectivity index (χ2n) is 0.619. The van der Waals surface area contributed by atoms with Crippen LogP contribution in [0.2, 0.25) is 6.82 Å². The fourth-order valence-electron chi connectivity index (χ4n) is 0. The van der Waals surface area contributed by atoms with E-state index in [-0.39, 0.29) is 0 Å². The molecule has 5 heavy (non-hydrogen) atoms. The molecule has 0 aliphatic heterocycles. The van der Waals surface area contributed by atoms with Crippen LogP contribution >= 0.6 is 45.7 Å². The van der Waals surface area contributed by atoms with Crippen LogP contribution in [0.4, 0.5) is 0 Å². The Bertz CT molecular complexity index is 23.6. The molecule has 0 amide bonds. The van der Waals surface area contributed by atoms with Crippen molar-refractivity contribution in [3.8, 4) is 0 Å². The van der Waals surface area contributed by atoms with Gasteiger partial charge in [0.25, 0.3) is 0 Å². The molecule has 0 bridgehead atoms. The molecule has 0 fully saturated rings. The lowest BCUT2D eigenvalue weighted by Crippen LogP contribution is -1.94. The minimum atomic E-state index is 1.11. The van der Waals surface area contributed by atoms with Crippen LogP contribution in [0.25, 0.3) is 0 Å². The fraction of sp³-hybridized carbons (Fsp3) is 1.00.